The number of nitrogens with zero attached hydrogens (tertiary/aromatic N) is 3. The molecule has 0 aliphatic carbocycles. The first-order valence-electron chi connectivity index (χ1n) is 5.18. The van der Waals surface area contributed by atoms with E-state index in [0.29, 0.717) is 16.5 Å². The van der Waals surface area contributed by atoms with Gasteiger partial charge in [0, 0.05) is 11.8 Å². The van der Waals surface area contributed by atoms with Gasteiger partial charge in [-0.3, -0.25) is 0 Å². The second-order valence-corrected chi connectivity index (χ2v) is 3.93. The van der Waals surface area contributed by atoms with Crippen LogP contribution in [0.4, 0.5) is 0 Å². The molecular weight excluding hydrogens is 234 g/mol. The number of halogens is 1. The molecule has 17 heavy (non-hydrogen) atoms. The van der Waals surface area contributed by atoms with Crippen LogP contribution >= 0.6 is 11.6 Å². The van der Waals surface area contributed by atoms with Crippen molar-refractivity contribution in [2.75, 3.05) is 0 Å². The van der Waals surface area contributed by atoms with E-state index in [1.54, 1.807) is 6.20 Å². The zero-order chi connectivity index (χ0) is 11.7. The number of hydrogen-bond acceptors (Lipinski definition) is 3. The van der Waals surface area contributed by atoms with E-state index < -0.39 is 0 Å². The van der Waals surface area contributed by atoms with Gasteiger partial charge in [-0.2, -0.15) is 0 Å². The van der Waals surface area contributed by atoms with Gasteiger partial charge in [0.05, 0.1) is 0 Å². The number of hydrogen-bond donors (Lipinski definition) is 0. The Morgan fingerprint density at radius 2 is 1.71 bits per heavy atom. The second-order valence-electron chi connectivity index (χ2n) is 3.58. The molecule has 0 N–H and O–H groups in total. The fraction of sp³-hybridized carbons (Fsp3) is 0. The van der Waals surface area contributed by atoms with Crippen LogP contribution in [-0.2, 0) is 0 Å². The van der Waals surface area contributed by atoms with Crippen LogP contribution in [0, 0.1) is 0 Å². The van der Waals surface area contributed by atoms with Gasteiger partial charge in [0.15, 0.2) is 10.8 Å². The molecule has 0 saturated carbocycles. The van der Waals surface area contributed by atoms with Gasteiger partial charge in [0.1, 0.15) is 11.2 Å². The summed E-state index contributed by atoms with van der Waals surface area (Å²) in [7, 11) is 0. The van der Waals surface area contributed by atoms with Gasteiger partial charge in [0.25, 0.3) is 0 Å². The molecule has 3 rings (SSSR count). The number of pyridine rings is 1. The Bertz CT molecular complexity index is 668. The summed E-state index contributed by atoms with van der Waals surface area (Å²) in [5.41, 5.74) is 2.96. The summed E-state index contributed by atoms with van der Waals surface area (Å²) in [5.74, 6) is 0. The largest absolute Gasteiger partial charge is 0.241 e. The SMILES string of the molecule is Clc1nc2ncccc2nc1-c1ccccc1. The zero-order valence-electron chi connectivity index (χ0n) is 8.84. The monoisotopic (exact) mass is 241 g/mol. The molecule has 0 spiro atoms. The molecule has 0 radical (unpaired) electrons. The van der Waals surface area contributed by atoms with Crippen molar-refractivity contribution in [1.29, 1.82) is 0 Å². The molecule has 0 aliphatic rings. The fourth-order valence-electron chi connectivity index (χ4n) is 1.65. The highest BCUT2D eigenvalue weighted by Gasteiger charge is 2.08. The Labute approximate surface area is 103 Å². The Morgan fingerprint density at radius 3 is 2.53 bits per heavy atom. The smallest absolute Gasteiger partial charge is 0.179 e. The van der Waals surface area contributed by atoms with Gasteiger partial charge in [-0.15, -0.1) is 0 Å². The van der Waals surface area contributed by atoms with Crippen molar-refractivity contribution in [3.63, 3.8) is 0 Å². The maximum Gasteiger partial charge on any atom is 0.179 e. The van der Waals surface area contributed by atoms with E-state index >= 15 is 0 Å². The predicted molar refractivity (Wildman–Crippen MR) is 67.8 cm³/mol. The number of benzene rings is 1. The van der Waals surface area contributed by atoms with Crippen LogP contribution < -0.4 is 0 Å². The summed E-state index contributed by atoms with van der Waals surface area (Å²) in [6.07, 6.45) is 1.68. The van der Waals surface area contributed by atoms with Crippen molar-refractivity contribution in [1.82, 2.24) is 15.0 Å². The minimum atomic E-state index is 0.377. The van der Waals surface area contributed by atoms with E-state index in [9.17, 15) is 0 Å². The van der Waals surface area contributed by atoms with Crippen LogP contribution in [0.5, 0.6) is 0 Å². The molecule has 0 saturated heterocycles. The Hall–Kier alpha value is -2.00. The maximum atomic E-state index is 6.12. The number of rotatable bonds is 1. The molecule has 0 amide bonds. The lowest BCUT2D eigenvalue weighted by Crippen LogP contribution is -1.92. The lowest BCUT2D eigenvalue weighted by atomic mass is 10.1. The summed E-state index contributed by atoms with van der Waals surface area (Å²) >= 11 is 6.12. The van der Waals surface area contributed by atoms with Crippen molar-refractivity contribution in [2.45, 2.75) is 0 Å². The molecule has 0 aliphatic heterocycles. The Morgan fingerprint density at radius 1 is 0.882 bits per heavy atom. The van der Waals surface area contributed by atoms with Crippen LogP contribution in [0.25, 0.3) is 22.4 Å². The zero-order valence-corrected chi connectivity index (χ0v) is 9.59. The second kappa shape index (κ2) is 4.11. The third-order valence-corrected chi connectivity index (χ3v) is 2.71. The molecule has 4 heteroatoms. The van der Waals surface area contributed by atoms with Gasteiger partial charge in [0.2, 0.25) is 0 Å². The highest BCUT2D eigenvalue weighted by atomic mass is 35.5. The van der Waals surface area contributed by atoms with Crippen molar-refractivity contribution < 1.29 is 0 Å². The molecule has 0 atom stereocenters. The molecule has 0 bridgehead atoms. The van der Waals surface area contributed by atoms with E-state index in [4.69, 9.17) is 11.6 Å². The molecule has 1 aromatic carbocycles. The van der Waals surface area contributed by atoms with E-state index in [0.717, 1.165) is 11.1 Å². The Kier molecular flexibility index (Phi) is 2.46. The predicted octanol–water partition coefficient (Wildman–Crippen LogP) is 3.35. The van der Waals surface area contributed by atoms with Crippen LogP contribution in [0.2, 0.25) is 5.15 Å². The maximum absolute atomic E-state index is 6.12. The topological polar surface area (TPSA) is 38.7 Å². The highest BCUT2D eigenvalue weighted by molar-refractivity contribution is 6.32. The standard InChI is InChI=1S/C13H8ClN3/c14-12-11(9-5-2-1-3-6-9)16-10-7-4-8-15-13(10)17-12/h1-8H. The summed E-state index contributed by atoms with van der Waals surface area (Å²) in [4.78, 5) is 12.9. The number of fused-ring (bicyclic) bond motifs is 1. The molecular formula is C13H8ClN3. The normalized spacial score (nSPS) is 10.6. The molecule has 3 nitrogen and oxygen atoms in total. The first-order valence-corrected chi connectivity index (χ1v) is 5.56. The van der Waals surface area contributed by atoms with Gasteiger partial charge in [-0.05, 0) is 12.1 Å². The molecule has 2 aromatic heterocycles. The minimum Gasteiger partial charge on any atom is -0.241 e. The van der Waals surface area contributed by atoms with Gasteiger partial charge in [-0.25, -0.2) is 15.0 Å². The van der Waals surface area contributed by atoms with Gasteiger partial charge < -0.3 is 0 Å². The van der Waals surface area contributed by atoms with E-state index in [1.165, 1.54) is 0 Å². The molecule has 2 heterocycles. The summed E-state index contributed by atoms with van der Waals surface area (Å²) in [6.45, 7) is 0. The average Bonchev–Trinajstić information content (AvgIpc) is 2.39. The van der Waals surface area contributed by atoms with Gasteiger partial charge in [-0.1, -0.05) is 41.9 Å². The van der Waals surface area contributed by atoms with Crippen molar-refractivity contribution in [2.24, 2.45) is 0 Å². The van der Waals surface area contributed by atoms with E-state index in [2.05, 4.69) is 15.0 Å². The van der Waals surface area contributed by atoms with E-state index in [-0.39, 0.29) is 0 Å². The first-order chi connectivity index (χ1) is 8.34. The third-order valence-electron chi connectivity index (χ3n) is 2.45. The van der Waals surface area contributed by atoms with Crippen LogP contribution in [0.1, 0.15) is 0 Å². The first kappa shape index (κ1) is 10.2. The van der Waals surface area contributed by atoms with E-state index in [1.807, 2.05) is 42.5 Å². The third kappa shape index (κ3) is 1.85. The summed E-state index contributed by atoms with van der Waals surface area (Å²) < 4.78 is 0. The van der Waals surface area contributed by atoms with Crippen molar-refractivity contribution in [3.8, 4) is 11.3 Å². The lowest BCUT2D eigenvalue weighted by molar-refractivity contribution is 1.23. The van der Waals surface area contributed by atoms with Crippen LogP contribution in [0.15, 0.2) is 48.7 Å². The van der Waals surface area contributed by atoms with Gasteiger partial charge >= 0.3 is 0 Å². The minimum absolute atomic E-state index is 0.377. The molecule has 0 fully saturated rings. The highest BCUT2D eigenvalue weighted by Crippen LogP contribution is 2.25. The van der Waals surface area contributed by atoms with Crippen LogP contribution in [0.3, 0.4) is 0 Å². The van der Waals surface area contributed by atoms with Crippen LogP contribution in [-0.4, -0.2) is 15.0 Å². The average molecular weight is 242 g/mol. The lowest BCUT2D eigenvalue weighted by Gasteiger charge is -2.04. The molecule has 3 aromatic rings. The molecule has 82 valence electrons. The number of aromatic nitrogens is 3. The quantitative estimate of drug-likeness (QED) is 0.656. The molecule has 0 unspecified atom stereocenters. The van der Waals surface area contributed by atoms with Crippen molar-refractivity contribution in [3.05, 3.63) is 53.8 Å². The van der Waals surface area contributed by atoms with Crippen molar-refractivity contribution >= 4 is 22.8 Å². The fourth-order valence-corrected chi connectivity index (χ4v) is 1.89. The summed E-state index contributed by atoms with van der Waals surface area (Å²) in [6, 6.07) is 13.5. The summed E-state index contributed by atoms with van der Waals surface area (Å²) in [5, 5.41) is 0.377. The Balaban J connectivity index is 2.27.